The minimum absolute atomic E-state index is 1.09. The molecule has 0 bridgehead atoms. The quantitative estimate of drug-likeness (QED) is 0.133. The van der Waals surface area contributed by atoms with Crippen molar-refractivity contribution in [2.24, 2.45) is 0 Å². The minimum Gasteiger partial charge on any atom is -0.310 e. The molecule has 0 amide bonds. The van der Waals surface area contributed by atoms with Crippen LogP contribution >= 0.6 is 0 Å². The van der Waals surface area contributed by atoms with E-state index in [1.165, 1.54) is 83.0 Å². The Morgan fingerprint density at radius 2 is 0.559 bits per heavy atom. The number of nitrogens with zero attached hydrogens (tertiary/aromatic N) is 2. The molecule has 0 spiro atoms. The average Bonchev–Trinajstić information content (AvgIpc) is 3.76. The normalized spacial score (nSPS) is 11.2. The van der Waals surface area contributed by atoms with E-state index in [0.29, 0.717) is 0 Å². The molecule has 0 aliphatic rings. The van der Waals surface area contributed by atoms with Gasteiger partial charge in [0.25, 0.3) is 0 Å². The van der Waals surface area contributed by atoms with Crippen molar-refractivity contribution in [2.45, 2.75) is 0 Å². The zero-order valence-electron chi connectivity index (χ0n) is 37.5. The molecular weight excluding hydrogens is 821 g/mol. The molecule has 0 unspecified atom stereocenters. The Morgan fingerprint density at radius 1 is 0.206 bits per heavy atom. The molecule has 12 rings (SSSR count). The maximum Gasteiger partial charge on any atom is 0.0541 e. The molecule has 1 aromatic heterocycles. The van der Waals surface area contributed by atoms with Crippen LogP contribution in [0.15, 0.2) is 279 Å². The number of fused-ring (bicyclic) bond motifs is 3. The molecule has 0 fully saturated rings. The number of aromatic nitrogens is 1. The molecule has 1 heterocycles. The summed E-state index contributed by atoms with van der Waals surface area (Å²) in [5.41, 5.74) is 21.0. The predicted molar refractivity (Wildman–Crippen MR) is 288 cm³/mol. The molecule has 2 heteroatoms. The van der Waals surface area contributed by atoms with Crippen LogP contribution in [0.5, 0.6) is 0 Å². The van der Waals surface area contributed by atoms with Crippen molar-refractivity contribution in [2.75, 3.05) is 4.90 Å². The fraction of sp³-hybridized carbons (Fsp3) is 0. The maximum atomic E-state index is 2.45. The zero-order chi connectivity index (χ0) is 45.2. The van der Waals surface area contributed by atoms with E-state index in [2.05, 4.69) is 289 Å². The predicted octanol–water partition coefficient (Wildman–Crippen LogP) is 18.3. The van der Waals surface area contributed by atoms with Crippen molar-refractivity contribution in [1.29, 1.82) is 0 Å². The largest absolute Gasteiger partial charge is 0.310 e. The minimum atomic E-state index is 1.09. The van der Waals surface area contributed by atoms with Gasteiger partial charge in [0.05, 0.1) is 11.0 Å². The molecule has 0 aliphatic carbocycles. The van der Waals surface area contributed by atoms with Gasteiger partial charge in [0, 0.05) is 33.5 Å². The van der Waals surface area contributed by atoms with Gasteiger partial charge in [-0.1, -0.05) is 200 Å². The lowest BCUT2D eigenvalue weighted by Gasteiger charge is -2.26. The summed E-state index contributed by atoms with van der Waals surface area (Å²) in [6.07, 6.45) is 0. The number of para-hydroxylation sites is 2. The zero-order valence-corrected chi connectivity index (χ0v) is 37.5. The van der Waals surface area contributed by atoms with Gasteiger partial charge in [0.15, 0.2) is 0 Å². The van der Waals surface area contributed by atoms with E-state index in [-0.39, 0.29) is 0 Å². The highest BCUT2D eigenvalue weighted by Gasteiger charge is 2.18. The summed E-state index contributed by atoms with van der Waals surface area (Å²) in [7, 11) is 0. The fourth-order valence-electron chi connectivity index (χ4n) is 9.80. The summed E-state index contributed by atoms with van der Waals surface area (Å²) >= 11 is 0. The number of hydrogen-bond acceptors (Lipinski definition) is 1. The summed E-state index contributed by atoms with van der Waals surface area (Å²) in [6.45, 7) is 0. The second-order valence-electron chi connectivity index (χ2n) is 17.4. The molecule has 0 aliphatic heterocycles. The Bertz CT molecular complexity index is 3710. The van der Waals surface area contributed by atoms with Crippen LogP contribution < -0.4 is 4.90 Å². The Hall–Kier alpha value is -8.98. The Balaban J connectivity index is 0.948. The number of benzene rings is 11. The van der Waals surface area contributed by atoms with Crippen LogP contribution in [0.4, 0.5) is 17.1 Å². The van der Waals surface area contributed by atoms with E-state index in [0.717, 1.165) is 28.3 Å². The van der Waals surface area contributed by atoms with E-state index in [4.69, 9.17) is 0 Å². The third kappa shape index (κ3) is 7.85. The van der Waals surface area contributed by atoms with Gasteiger partial charge in [-0.15, -0.1) is 0 Å². The number of rotatable bonds is 10. The summed E-state index contributed by atoms with van der Waals surface area (Å²) < 4.78 is 2.45. The van der Waals surface area contributed by atoms with Gasteiger partial charge in [-0.25, -0.2) is 0 Å². The Kier molecular flexibility index (Phi) is 10.6. The first-order valence-electron chi connectivity index (χ1n) is 23.3. The van der Waals surface area contributed by atoms with Gasteiger partial charge in [0.1, 0.15) is 0 Å². The van der Waals surface area contributed by atoms with Crippen molar-refractivity contribution >= 4 is 38.9 Å². The van der Waals surface area contributed by atoms with E-state index in [1.54, 1.807) is 0 Å². The highest BCUT2D eigenvalue weighted by atomic mass is 15.1. The van der Waals surface area contributed by atoms with E-state index >= 15 is 0 Å². The molecule has 0 saturated heterocycles. The van der Waals surface area contributed by atoms with E-state index in [9.17, 15) is 0 Å². The second-order valence-corrected chi connectivity index (χ2v) is 17.4. The Labute approximate surface area is 397 Å². The third-order valence-corrected chi connectivity index (χ3v) is 13.1. The van der Waals surface area contributed by atoms with Gasteiger partial charge in [0.2, 0.25) is 0 Å². The van der Waals surface area contributed by atoms with Gasteiger partial charge in [-0.3, -0.25) is 0 Å². The van der Waals surface area contributed by atoms with E-state index in [1.807, 2.05) is 0 Å². The van der Waals surface area contributed by atoms with Crippen LogP contribution in [0, 0.1) is 0 Å². The van der Waals surface area contributed by atoms with E-state index < -0.39 is 0 Å². The molecule has 12 aromatic rings. The maximum absolute atomic E-state index is 2.45. The van der Waals surface area contributed by atoms with Gasteiger partial charge < -0.3 is 9.47 Å². The topological polar surface area (TPSA) is 8.17 Å². The molecule has 0 N–H and O–H groups in total. The summed E-state index contributed by atoms with van der Waals surface area (Å²) in [6, 6.07) is 101. The standard InChI is InChI=1S/C66H46N2/c1-5-18-47(19-6-1)50-34-36-51(37-35-50)54-26-16-30-60(42-54)67(59-28-11-4-12-29-59)61-31-17-27-55(43-61)56-38-39-66-64(46-56)63-32-13-14-33-65(63)68(66)62-44-57(49-22-9-3-10-23-49)41-58(45-62)53-25-15-24-52(40-53)48-20-7-2-8-21-48/h1-46H. The number of anilines is 3. The summed E-state index contributed by atoms with van der Waals surface area (Å²) in [5.74, 6) is 0. The molecule has 0 radical (unpaired) electrons. The third-order valence-electron chi connectivity index (χ3n) is 13.1. The van der Waals surface area contributed by atoms with Crippen LogP contribution in [0.1, 0.15) is 0 Å². The van der Waals surface area contributed by atoms with Crippen molar-refractivity contribution < 1.29 is 0 Å². The smallest absolute Gasteiger partial charge is 0.0541 e. The highest BCUT2D eigenvalue weighted by Crippen LogP contribution is 2.41. The lowest BCUT2D eigenvalue weighted by atomic mass is 9.95. The first-order valence-corrected chi connectivity index (χ1v) is 23.3. The van der Waals surface area contributed by atoms with Crippen LogP contribution in [0.2, 0.25) is 0 Å². The average molecular weight is 867 g/mol. The molecular formula is C66H46N2. The van der Waals surface area contributed by atoms with Crippen molar-refractivity contribution in [3.63, 3.8) is 0 Å². The second kappa shape index (κ2) is 17.8. The van der Waals surface area contributed by atoms with Crippen LogP contribution in [0.3, 0.4) is 0 Å². The van der Waals surface area contributed by atoms with Crippen LogP contribution in [-0.2, 0) is 0 Å². The summed E-state index contributed by atoms with van der Waals surface area (Å²) in [4.78, 5) is 2.36. The van der Waals surface area contributed by atoms with Crippen molar-refractivity contribution in [3.8, 4) is 72.4 Å². The molecule has 11 aromatic carbocycles. The van der Waals surface area contributed by atoms with Gasteiger partial charge in [-0.05, 0) is 146 Å². The highest BCUT2D eigenvalue weighted by molar-refractivity contribution is 6.10. The van der Waals surface area contributed by atoms with Crippen LogP contribution in [0.25, 0.3) is 94.3 Å². The number of hydrogen-bond donors (Lipinski definition) is 0. The monoisotopic (exact) mass is 866 g/mol. The summed E-state index contributed by atoms with van der Waals surface area (Å²) in [5, 5.41) is 2.44. The Morgan fingerprint density at radius 3 is 1.18 bits per heavy atom. The SMILES string of the molecule is c1ccc(-c2ccc(-c3cccc(N(c4ccccc4)c4cccc(-c5ccc6c(c5)c5ccccc5n6-c5cc(-c6ccccc6)cc(-c6cccc(-c7ccccc7)c6)c5)c4)c3)cc2)cc1. The molecule has 320 valence electrons. The molecule has 2 nitrogen and oxygen atoms in total. The first kappa shape index (κ1) is 40.5. The van der Waals surface area contributed by atoms with Gasteiger partial charge in [-0.2, -0.15) is 0 Å². The lowest BCUT2D eigenvalue weighted by Crippen LogP contribution is -2.10. The lowest BCUT2D eigenvalue weighted by molar-refractivity contribution is 1.18. The van der Waals surface area contributed by atoms with Crippen molar-refractivity contribution in [1.82, 2.24) is 4.57 Å². The molecule has 68 heavy (non-hydrogen) atoms. The van der Waals surface area contributed by atoms with Crippen molar-refractivity contribution in [3.05, 3.63) is 279 Å². The molecule has 0 atom stereocenters. The first-order chi connectivity index (χ1) is 33.7. The fourth-order valence-corrected chi connectivity index (χ4v) is 9.80. The van der Waals surface area contributed by atoms with Crippen LogP contribution in [-0.4, -0.2) is 4.57 Å². The molecule has 0 saturated carbocycles. The van der Waals surface area contributed by atoms with Gasteiger partial charge >= 0.3 is 0 Å².